The van der Waals surface area contributed by atoms with E-state index in [-0.39, 0.29) is 50.5 Å². The van der Waals surface area contributed by atoms with Crippen LogP contribution in [0.15, 0.2) is 0 Å². The van der Waals surface area contributed by atoms with Gasteiger partial charge in [-0.25, -0.2) is 0 Å². The van der Waals surface area contributed by atoms with Gasteiger partial charge in [0.25, 0.3) is 0 Å². The molecule has 0 aromatic rings. The lowest BCUT2D eigenvalue weighted by molar-refractivity contribution is -0.189. The van der Waals surface area contributed by atoms with Gasteiger partial charge in [0.1, 0.15) is 26.8 Å². The molecule has 0 N–H and O–H groups in total. The molecule has 0 bridgehead atoms. The van der Waals surface area contributed by atoms with Gasteiger partial charge in [-0.15, -0.1) is 0 Å². The Morgan fingerprint density at radius 2 is 1.08 bits per heavy atom. The SMILES string of the molecule is CCC1(COC(=O)CCC(=O)OCC2(CC)COCOC2)COCOC1. The van der Waals surface area contributed by atoms with Crippen molar-refractivity contribution in [1.29, 1.82) is 0 Å². The van der Waals surface area contributed by atoms with Crippen molar-refractivity contribution in [1.82, 2.24) is 0 Å². The molecule has 0 unspecified atom stereocenters. The summed E-state index contributed by atoms with van der Waals surface area (Å²) in [5.74, 6) is -0.843. The van der Waals surface area contributed by atoms with Gasteiger partial charge in [-0.1, -0.05) is 13.8 Å². The fourth-order valence-electron chi connectivity index (χ4n) is 2.83. The first-order chi connectivity index (χ1) is 12.5. The van der Waals surface area contributed by atoms with E-state index in [9.17, 15) is 9.59 Å². The Balaban J connectivity index is 1.65. The Labute approximate surface area is 154 Å². The molecule has 8 nitrogen and oxygen atoms in total. The molecule has 2 saturated heterocycles. The molecule has 150 valence electrons. The fourth-order valence-corrected chi connectivity index (χ4v) is 2.83. The Kier molecular flexibility index (Phi) is 8.27. The maximum Gasteiger partial charge on any atom is 0.306 e. The average Bonchev–Trinajstić information content (AvgIpc) is 2.70. The molecule has 2 aliphatic heterocycles. The molecule has 0 saturated carbocycles. The van der Waals surface area contributed by atoms with Gasteiger partial charge in [-0.3, -0.25) is 9.59 Å². The number of rotatable bonds is 9. The molecule has 0 radical (unpaired) electrons. The first-order valence-electron chi connectivity index (χ1n) is 9.15. The van der Waals surface area contributed by atoms with Crippen LogP contribution in [0.1, 0.15) is 39.5 Å². The van der Waals surface area contributed by atoms with E-state index in [2.05, 4.69) is 0 Å². The molecule has 0 atom stereocenters. The number of carbonyl (C=O) groups excluding carboxylic acids is 2. The van der Waals surface area contributed by atoms with Gasteiger partial charge < -0.3 is 28.4 Å². The second-order valence-corrected chi connectivity index (χ2v) is 7.16. The molecule has 0 aliphatic carbocycles. The molecule has 2 aliphatic rings. The summed E-state index contributed by atoms with van der Waals surface area (Å²) in [6, 6.07) is 0. The first-order valence-corrected chi connectivity index (χ1v) is 9.15. The minimum absolute atomic E-state index is 0.00747. The van der Waals surface area contributed by atoms with Crippen molar-refractivity contribution in [3.63, 3.8) is 0 Å². The van der Waals surface area contributed by atoms with E-state index in [4.69, 9.17) is 28.4 Å². The lowest BCUT2D eigenvalue weighted by Crippen LogP contribution is -2.41. The second kappa shape index (κ2) is 10.2. The summed E-state index contributed by atoms with van der Waals surface area (Å²) in [6.45, 7) is 7.02. The summed E-state index contributed by atoms with van der Waals surface area (Å²) in [6.07, 6.45) is 1.55. The molecule has 0 aromatic heterocycles. The molecular formula is C18H30O8. The minimum atomic E-state index is -0.421. The minimum Gasteiger partial charge on any atom is -0.465 e. The highest BCUT2D eigenvalue weighted by molar-refractivity contribution is 5.77. The maximum absolute atomic E-state index is 11.9. The van der Waals surface area contributed by atoms with Crippen molar-refractivity contribution >= 4 is 11.9 Å². The predicted molar refractivity (Wildman–Crippen MR) is 90.1 cm³/mol. The van der Waals surface area contributed by atoms with Crippen molar-refractivity contribution in [2.45, 2.75) is 39.5 Å². The Morgan fingerprint density at radius 3 is 1.38 bits per heavy atom. The number of hydrogen-bond acceptors (Lipinski definition) is 8. The molecule has 2 rings (SSSR count). The molecule has 2 fully saturated rings. The molecule has 26 heavy (non-hydrogen) atoms. The van der Waals surface area contributed by atoms with Gasteiger partial charge in [0, 0.05) is 0 Å². The van der Waals surface area contributed by atoms with Gasteiger partial charge in [0.15, 0.2) is 0 Å². The van der Waals surface area contributed by atoms with Crippen LogP contribution in [0.5, 0.6) is 0 Å². The highest BCUT2D eigenvalue weighted by atomic mass is 16.7. The topological polar surface area (TPSA) is 89.5 Å². The third-order valence-corrected chi connectivity index (χ3v) is 5.08. The van der Waals surface area contributed by atoms with Gasteiger partial charge in [-0.05, 0) is 12.8 Å². The van der Waals surface area contributed by atoms with Crippen molar-refractivity contribution < 1.29 is 38.0 Å². The van der Waals surface area contributed by atoms with Gasteiger partial charge >= 0.3 is 11.9 Å². The molecular weight excluding hydrogens is 344 g/mol. The smallest absolute Gasteiger partial charge is 0.306 e. The molecule has 0 aromatic carbocycles. The molecule has 2 heterocycles. The lowest BCUT2D eigenvalue weighted by atomic mass is 9.87. The van der Waals surface area contributed by atoms with E-state index >= 15 is 0 Å². The van der Waals surface area contributed by atoms with Crippen LogP contribution < -0.4 is 0 Å². The normalized spacial score (nSPS) is 21.8. The van der Waals surface area contributed by atoms with E-state index in [0.717, 1.165) is 12.8 Å². The van der Waals surface area contributed by atoms with Crippen LogP contribution in [0.4, 0.5) is 0 Å². The van der Waals surface area contributed by atoms with Crippen molar-refractivity contribution in [3.8, 4) is 0 Å². The Hall–Kier alpha value is -1.22. The monoisotopic (exact) mass is 374 g/mol. The van der Waals surface area contributed by atoms with Crippen molar-refractivity contribution in [3.05, 3.63) is 0 Å². The van der Waals surface area contributed by atoms with Crippen LogP contribution >= 0.6 is 0 Å². The summed E-state index contributed by atoms with van der Waals surface area (Å²) < 4.78 is 31.9. The molecule has 8 heteroatoms. The van der Waals surface area contributed by atoms with Gasteiger partial charge in [0.2, 0.25) is 0 Å². The first kappa shape index (κ1) is 21.1. The number of hydrogen-bond donors (Lipinski definition) is 0. The van der Waals surface area contributed by atoms with Crippen LogP contribution in [-0.2, 0) is 38.0 Å². The summed E-state index contributed by atoms with van der Waals surface area (Å²) in [7, 11) is 0. The summed E-state index contributed by atoms with van der Waals surface area (Å²) in [5, 5.41) is 0. The predicted octanol–water partition coefficient (Wildman–Crippen LogP) is 1.65. The highest BCUT2D eigenvalue weighted by Crippen LogP contribution is 2.28. The van der Waals surface area contributed by atoms with Crippen LogP contribution in [-0.4, -0.2) is 65.2 Å². The zero-order valence-corrected chi connectivity index (χ0v) is 15.8. The van der Waals surface area contributed by atoms with Crippen LogP contribution in [0.25, 0.3) is 0 Å². The van der Waals surface area contributed by atoms with Crippen LogP contribution in [0.3, 0.4) is 0 Å². The number of ether oxygens (including phenoxy) is 6. The van der Waals surface area contributed by atoms with E-state index in [1.165, 1.54) is 0 Å². The van der Waals surface area contributed by atoms with Gasteiger partial charge in [-0.2, -0.15) is 0 Å². The van der Waals surface area contributed by atoms with E-state index in [0.29, 0.717) is 26.4 Å². The van der Waals surface area contributed by atoms with E-state index in [1.54, 1.807) is 0 Å². The Bertz CT molecular complexity index is 410. The molecule has 0 amide bonds. The zero-order chi connectivity index (χ0) is 18.9. The van der Waals surface area contributed by atoms with Crippen molar-refractivity contribution in [2.24, 2.45) is 10.8 Å². The van der Waals surface area contributed by atoms with Crippen LogP contribution in [0.2, 0.25) is 0 Å². The Morgan fingerprint density at radius 1 is 0.731 bits per heavy atom. The zero-order valence-electron chi connectivity index (χ0n) is 15.8. The third kappa shape index (κ3) is 6.19. The largest absolute Gasteiger partial charge is 0.465 e. The lowest BCUT2D eigenvalue weighted by Gasteiger charge is -2.35. The van der Waals surface area contributed by atoms with Crippen LogP contribution in [0, 0.1) is 10.8 Å². The van der Waals surface area contributed by atoms with Crippen molar-refractivity contribution in [2.75, 3.05) is 53.2 Å². The number of esters is 2. The highest BCUT2D eigenvalue weighted by Gasteiger charge is 2.35. The van der Waals surface area contributed by atoms with E-state index in [1.807, 2.05) is 13.8 Å². The summed E-state index contributed by atoms with van der Waals surface area (Å²) in [5.41, 5.74) is -0.605. The quantitative estimate of drug-likeness (QED) is 0.563. The summed E-state index contributed by atoms with van der Waals surface area (Å²) in [4.78, 5) is 23.8. The maximum atomic E-state index is 11.9. The second-order valence-electron chi connectivity index (χ2n) is 7.16. The standard InChI is InChI=1S/C18H30O8/c1-3-17(7-21-13-22-8-17)11-25-15(19)5-6-16(20)26-12-18(4-2)9-23-14-24-10-18/h3-14H2,1-2H3. The summed E-state index contributed by atoms with van der Waals surface area (Å²) >= 11 is 0. The van der Waals surface area contributed by atoms with Gasteiger partial charge in [0.05, 0.1) is 50.1 Å². The van der Waals surface area contributed by atoms with E-state index < -0.39 is 11.9 Å². The number of carbonyl (C=O) groups is 2. The fraction of sp³-hybridized carbons (Fsp3) is 0.889. The molecule has 0 spiro atoms. The average molecular weight is 374 g/mol. The third-order valence-electron chi connectivity index (χ3n) is 5.08.